The minimum atomic E-state index is -4.96. The van der Waals surface area contributed by atoms with E-state index in [4.69, 9.17) is 37.0 Å². The lowest BCUT2D eigenvalue weighted by Gasteiger charge is -2.21. The number of phosphoric ester groups is 2. The molecule has 0 amide bonds. The second kappa shape index (κ2) is 73.6. The lowest BCUT2D eigenvalue weighted by molar-refractivity contribution is -0.161. The van der Waals surface area contributed by atoms with Crippen LogP contribution in [-0.2, 0) is 65.4 Å². The van der Waals surface area contributed by atoms with E-state index < -0.39 is 97.5 Å². The Balaban J connectivity index is 5.22. The smallest absolute Gasteiger partial charge is 0.462 e. The first-order valence-electron chi connectivity index (χ1n) is 42.6. The maximum Gasteiger partial charge on any atom is 0.472 e. The summed E-state index contributed by atoms with van der Waals surface area (Å²) in [6.07, 6.45) is 63.7. The highest BCUT2D eigenvalue weighted by molar-refractivity contribution is 7.47. The Labute approximate surface area is 619 Å². The number of unbranched alkanes of at least 4 members (excludes halogenated alkanes) is 49. The number of phosphoric acid groups is 2. The van der Waals surface area contributed by atoms with Crippen LogP contribution >= 0.6 is 15.6 Å². The Morgan fingerprint density at radius 1 is 0.277 bits per heavy atom. The molecule has 0 rings (SSSR count). The molecule has 4 unspecified atom stereocenters. The van der Waals surface area contributed by atoms with Gasteiger partial charge in [0.05, 0.1) is 26.4 Å². The van der Waals surface area contributed by atoms with Crippen molar-refractivity contribution in [1.29, 1.82) is 0 Å². The molecule has 7 atom stereocenters. The van der Waals surface area contributed by atoms with Crippen LogP contribution in [0.1, 0.15) is 433 Å². The van der Waals surface area contributed by atoms with Crippen LogP contribution in [0.5, 0.6) is 0 Å². The Morgan fingerprint density at radius 2 is 0.475 bits per heavy atom. The second-order valence-corrected chi connectivity index (χ2v) is 32.9. The largest absolute Gasteiger partial charge is 0.472 e. The molecule has 0 aromatic heterocycles. The van der Waals surface area contributed by atoms with Crippen LogP contribution in [0.25, 0.3) is 0 Å². The minimum absolute atomic E-state index is 0.107. The molecule has 19 heteroatoms. The lowest BCUT2D eigenvalue weighted by Crippen LogP contribution is -2.30. The van der Waals surface area contributed by atoms with E-state index in [1.165, 1.54) is 250 Å². The van der Waals surface area contributed by atoms with Gasteiger partial charge >= 0.3 is 39.5 Å². The molecule has 0 spiro atoms. The molecule has 0 bridgehead atoms. The molecular weight excluding hydrogens is 1320 g/mol. The highest BCUT2D eigenvalue weighted by atomic mass is 31.2. The summed E-state index contributed by atoms with van der Waals surface area (Å²) in [6.45, 7) is 9.73. The molecule has 0 heterocycles. The molecule has 0 aliphatic carbocycles. The molecule has 0 aliphatic heterocycles. The minimum Gasteiger partial charge on any atom is -0.462 e. The molecule has 3 N–H and O–H groups in total. The number of aliphatic hydroxyl groups is 1. The summed E-state index contributed by atoms with van der Waals surface area (Å²) < 4.78 is 68.7. The SMILES string of the molecule is CCCCCCCCCCCCCCCCCC(=O)OC[C@H](COP(=O)(O)OC[C@@H](O)COP(=O)(O)OC[C@@H](COC(=O)CCCCCCCCCCCC)OC(=O)CCCCCCCCCCCCC(C)CC)OC(=O)CCCCCCCCCCCCCCCCCCCCC(C)CC. The van der Waals surface area contributed by atoms with E-state index in [1.54, 1.807) is 0 Å². The van der Waals surface area contributed by atoms with Crippen molar-refractivity contribution in [2.45, 2.75) is 452 Å². The average molecular weight is 1480 g/mol. The van der Waals surface area contributed by atoms with E-state index >= 15 is 0 Å². The van der Waals surface area contributed by atoms with Crippen molar-refractivity contribution in [3.63, 3.8) is 0 Å². The maximum atomic E-state index is 13.1. The maximum absolute atomic E-state index is 13.1. The van der Waals surface area contributed by atoms with Gasteiger partial charge in [0.2, 0.25) is 0 Å². The lowest BCUT2D eigenvalue weighted by atomic mass is 9.99. The summed E-state index contributed by atoms with van der Waals surface area (Å²) in [4.78, 5) is 73.0. The zero-order valence-electron chi connectivity index (χ0n) is 66.2. The summed E-state index contributed by atoms with van der Waals surface area (Å²) in [5.74, 6) is -0.433. The topological polar surface area (TPSA) is 237 Å². The Morgan fingerprint density at radius 3 is 0.703 bits per heavy atom. The third-order valence-electron chi connectivity index (χ3n) is 19.9. The van der Waals surface area contributed by atoms with Gasteiger partial charge in [0, 0.05) is 25.7 Å². The number of rotatable bonds is 81. The van der Waals surface area contributed by atoms with Crippen molar-refractivity contribution < 1.29 is 80.2 Å². The van der Waals surface area contributed by atoms with Gasteiger partial charge in [0.25, 0.3) is 0 Å². The van der Waals surface area contributed by atoms with Crippen molar-refractivity contribution in [2.24, 2.45) is 11.8 Å². The fourth-order valence-corrected chi connectivity index (χ4v) is 14.2. The molecule has 0 fully saturated rings. The van der Waals surface area contributed by atoms with E-state index in [0.29, 0.717) is 25.7 Å². The van der Waals surface area contributed by atoms with Crippen LogP contribution in [0.3, 0.4) is 0 Å². The average Bonchev–Trinajstić information content (AvgIpc) is 0.982. The molecule has 0 saturated heterocycles. The van der Waals surface area contributed by atoms with Crippen LogP contribution in [0.15, 0.2) is 0 Å². The first-order chi connectivity index (χ1) is 48.9. The van der Waals surface area contributed by atoms with Crippen molar-refractivity contribution in [3.8, 4) is 0 Å². The number of carbonyl (C=O) groups excluding carboxylic acids is 4. The molecular formula is C82H160O17P2. The van der Waals surface area contributed by atoms with E-state index in [-0.39, 0.29) is 25.7 Å². The highest BCUT2D eigenvalue weighted by Gasteiger charge is 2.30. The predicted molar refractivity (Wildman–Crippen MR) is 414 cm³/mol. The van der Waals surface area contributed by atoms with E-state index in [9.17, 15) is 43.2 Å². The first-order valence-corrected chi connectivity index (χ1v) is 45.6. The summed E-state index contributed by atoms with van der Waals surface area (Å²) >= 11 is 0. The number of aliphatic hydroxyl groups excluding tert-OH is 1. The van der Waals surface area contributed by atoms with Gasteiger partial charge in [-0.2, -0.15) is 0 Å². The number of carbonyl (C=O) groups is 4. The summed E-state index contributed by atoms with van der Waals surface area (Å²) in [6, 6.07) is 0. The third kappa shape index (κ3) is 73.4. The number of ether oxygens (including phenoxy) is 4. The van der Waals surface area contributed by atoms with Gasteiger partial charge in [-0.15, -0.1) is 0 Å². The fourth-order valence-electron chi connectivity index (χ4n) is 12.6. The molecule has 0 aromatic rings. The summed E-state index contributed by atoms with van der Waals surface area (Å²) in [5.41, 5.74) is 0. The van der Waals surface area contributed by atoms with Gasteiger partial charge in [-0.3, -0.25) is 37.3 Å². The Bertz CT molecular complexity index is 1950. The zero-order valence-corrected chi connectivity index (χ0v) is 68.0. The van der Waals surface area contributed by atoms with Crippen molar-refractivity contribution >= 4 is 39.5 Å². The number of hydrogen-bond acceptors (Lipinski definition) is 15. The molecule has 0 aromatic carbocycles. The molecule has 0 aliphatic rings. The Kier molecular flexibility index (Phi) is 72.2. The standard InChI is InChI=1S/C82H160O17P2/c1-7-11-13-15-17-19-21-22-27-31-34-41-47-53-59-65-80(85)93-71-78(98-81(86)66-60-54-48-42-35-32-29-26-24-23-25-28-30-33-38-44-50-56-62-74(5)9-3)73-97-101(90,91)95-69-76(83)68-94-100(88,89)96-72-77(70-92-79(84)64-58-52-46-40-20-18-16-14-12-8-2)99-82(87)67-61-55-49-43-37-36-39-45-51-57-63-75(6)10-4/h74-78,83H,7-73H2,1-6H3,(H,88,89)(H,90,91)/t74?,75?,76-,77+,78+/m0/s1. The number of hydrogen-bond donors (Lipinski definition) is 3. The van der Waals surface area contributed by atoms with Gasteiger partial charge in [0.15, 0.2) is 12.2 Å². The van der Waals surface area contributed by atoms with Gasteiger partial charge in [-0.05, 0) is 37.5 Å². The van der Waals surface area contributed by atoms with E-state index in [1.807, 2.05) is 0 Å². The molecule has 0 saturated carbocycles. The normalized spacial score (nSPS) is 14.4. The summed E-state index contributed by atoms with van der Waals surface area (Å²) in [7, 11) is -9.92. The van der Waals surface area contributed by atoms with Crippen LogP contribution in [-0.4, -0.2) is 96.7 Å². The van der Waals surface area contributed by atoms with Crippen LogP contribution < -0.4 is 0 Å². The fraction of sp³-hybridized carbons (Fsp3) is 0.951. The quantitative estimate of drug-likeness (QED) is 0.0222. The van der Waals surface area contributed by atoms with Gasteiger partial charge in [0.1, 0.15) is 19.3 Å². The van der Waals surface area contributed by atoms with Crippen LogP contribution in [0.4, 0.5) is 0 Å². The highest BCUT2D eigenvalue weighted by Crippen LogP contribution is 2.45. The van der Waals surface area contributed by atoms with Crippen LogP contribution in [0.2, 0.25) is 0 Å². The van der Waals surface area contributed by atoms with Gasteiger partial charge in [-0.25, -0.2) is 9.13 Å². The van der Waals surface area contributed by atoms with Crippen molar-refractivity contribution in [1.82, 2.24) is 0 Å². The molecule has 17 nitrogen and oxygen atoms in total. The molecule has 101 heavy (non-hydrogen) atoms. The number of esters is 4. The molecule has 0 radical (unpaired) electrons. The van der Waals surface area contributed by atoms with E-state index in [0.717, 1.165) is 102 Å². The van der Waals surface area contributed by atoms with Gasteiger partial charge in [-0.1, -0.05) is 382 Å². The van der Waals surface area contributed by atoms with E-state index in [2.05, 4.69) is 41.5 Å². The zero-order chi connectivity index (χ0) is 74.2. The predicted octanol–water partition coefficient (Wildman–Crippen LogP) is 24.7. The Hall–Kier alpha value is -1.94. The second-order valence-electron chi connectivity index (χ2n) is 30.0. The third-order valence-corrected chi connectivity index (χ3v) is 21.8. The van der Waals surface area contributed by atoms with Crippen molar-refractivity contribution in [3.05, 3.63) is 0 Å². The van der Waals surface area contributed by atoms with Crippen LogP contribution in [0, 0.1) is 11.8 Å². The van der Waals surface area contributed by atoms with Gasteiger partial charge < -0.3 is 33.8 Å². The summed E-state index contributed by atoms with van der Waals surface area (Å²) in [5, 5.41) is 10.6. The first kappa shape index (κ1) is 99.1. The van der Waals surface area contributed by atoms with Crippen molar-refractivity contribution in [2.75, 3.05) is 39.6 Å². The molecule has 600 valence electrons. The monoisotopic (exact) mass is 1480 g/mol.